The zero-order chi connectivity index (χ0) is 14.1. The molecule has 0 unspecified atom stereocenters. The molecule has 3 rings (SSSR count). The summed E-state index contributed by atoms with van der Waals surface area (Å²) in [5.41, 5.74) is 6.05. The molecule has 0 spiro atoms. The Balaban J connectivity index is 1.73. The fourth-order valence-corrected chi connectivity index (χ4v) is 2.96. The number of carbonyl (C=O) groups is 1. The van der Waals surface area contributed by atoms with Crippen LogP contribution in [-0.4, -0.2) is 35.3 Å². The number of aromatic nitrogens is 2. The van der Waals surface area contributed by atoms with Crippen molar-refractivity contribution in [3.8, 4) is 0 Å². The molecule has 1 aliphatic rings. The summed E-state index contributed by atoms with van der Waals surface area (Å²) in [7, 11) is 0. The standard InChI is InChI=1S/C13H15BrN4O2/c14-10-6-16-11-7-17-12(5-9(10)11)18-3-1-8(2-4-18)20-13(15)19/h5-8,16H,1-4H2,(H2,15,19). The van der Waals surface area contributed by atoms with Gasteiger partial charge in [0.2, 0.25) is 0 Å². The van der Waals surface area contributed by atoms with Gasteiger partial charge in [0.1, 0.15) is 11.9 Å². The Morgan fingerprint density at radius 1 is 1.50 bits per heavy atom. The number of carbonyl (C=O) groups excluding carboxylic acids is 1. The van der Waals surface area contributed by atoms with Gasteiger partial charge in [-0.05, 0) is 22.0 Å². The summed E-state index contributed by atoms with van der Waals surface area (Å²) in [5.74, 6) is 0.940. The van der Waals surface area contributed by atoms with E-state index < -0.39 is 6.09 Å². The molecular formula is C13H15BrN4O2. The topological polar surface area (TPSA) is 84.2 Å². The predicted molar refractivity (Wildman–Crippen MR) is 79.7 cm³/mol. The predicted octanol–water partition coefficient (Wildman–Crippen LogP) is 2.39. The van der Waals surface area contributed by atoms with Gasteiger partial charge in [-0.15, -0.1) is 0 Å². The third-order valence-electron chi connectivity index (χ3n) is 3.55. The molecule has 1 fully saturated rings. The highest BCUT2D eigenvalue weighted by Gasteiger charge is 2.22. The first-order chi connectivity index (χ1) is 9.63. The number of aromatic amines is 1. The fourth-order valence-electron chi connectivity index (χ4n) is 2.52. The largest absolute Gasteiger partial charge is 0.446 e. The summed E-state index contributed by atoms with van der Waals surface area (Å²) in [6.45, 7) is 1.61. The zero-order valence-electron chi connectivity index (χ0n) is 10.8. The van der Waals surface area contributed by atoms with E-state index in [1.165, 1.54) is 0 Å². The number of fused-ring (bicyclic) bond motifs is 1. The normalized spacial score (nSPS) is 16.6. The minimum Gasteiger partial charge on any atom is -0.446 e. The van der Waals surface area contributed by atoms with Crippen LogP contribution in [0.5, 0.6) is 0 Å². The van der Waals surface area contributed by atoms with E-state index in [1.54, 1.807) is 0 Å². The lowest BCUT2D eigenvalue weighted by atomic mass is 10.1. The van der Waals surface area contributed by atoms with E-state index in [2.05, 4.69) is 36.9 Å². The van der Waals surface area contributed by atoms with E-state index >= 15 is 0 Å². The van der Waals surface area contributed by atoms with E-state index in [9.17, 15) is 4.79 Å². The van der Waals surface area contributed by atoms with Crippen LogP contribution in [0.4, 0.5) is 10.6 Å². The lowest BCUT2D eigenvalue weighted by Gasteiger charge is -2.32. The molecule has 0 aromatic carbocycles. The maximum atomic E-state index is 10.7. The average Bonchev–Trinajstić information content (AvgIpc) is 2.80. The Hall–Kier alpha value is -1.76. The molecule has 3 N–H and O–H groups in total. The number of pyridine rings is 1. The van der Waals surface area contributed by atoms with Gasteiger partial charge < -0.3 is 20.4 Å². The minimum atomic E-state index is -0.695. The van der Waals surface area contributed by atoms with Gasteiger partial charge >= 0.3 is 6.09 Å². The lowest BCUT2D eigenvalue weighted by Crippen LogP contribution is -2.39. The second-order valence-electron chi connectivity index (χ2n) is 4.85. The molecule has 0 aliphatic carbocycles. The van der Waals surface area contributed by atoms with Crippen LogP contribution < -0.4 is 10.6 Å². The molecule has 1 amide bonds. The number of hydrogen-bond donors (Lipinski definition) is 2. The third-order valence-corrected chi connectivity index (χ3v) is 4.21. The highest BCUT2D eigenvalue weighted by atomic mass is 79.9. The third kappa shape index (κ3) is 2.58. The average molecular weight is 339 g/mol. The molecule has 1 saturated heterocycles. The Morgan fingerprint density at radius 3 is 2.95 bits per heavy atom. The summed E-state index contributed by atoms with van der Waals surface area (Å²) < 4.78 is 6.06. The van der Waals surface area contributed by atoms with Crippen molar-refractivity contribution in [1.29, 1.82) is 0 Å². The van der Waals surface area contributed by atoms with Gasteiger partial charge in [0.15, 0.2) is 0 Å². The Kier molecular flexibility index (Phi) is 3.52. The monoisotopic (exact) mass is 338 g/mol. The first-order valence-corrected chi connectivity index (χ1v) is 7.26. The van der Waals surface area contributed by atoms with Crippen LogP contribution in [0.3, 0.4) is 0 Å². The molecule has 7 heteroatoms. The molecule has 0 saturated carbocycles. The van der Waals surface area contributed by atoms with Crippen LogP contribution in [0.2, 0.25) is 0 Å². The SMILES string of the molecule is NC(=O)OC1CCN(c2cc3c(Br)c[nH]c3cn2)CC1. The van der Waals surface area contributed by atoms with Crippen molar-refractivity contribution >= 4 is 38.7 Å². The van der Waals surface area contributed by atoms with Gasteiger partial charge in [-0.1, -0.05) is 0 Å². The number of hydrogen-bond acceptors (Lipinski definition) is 4. The molecular weight excluding hydrogens is 324 g/mol. The van der Waals surface area contributed by atoms with Gasteiger partial charge in [0, 0.05) is 42.0 Å². The van der Waals surface area contributed by atoms with Gasteiger partial charge in [0.25, 0.3) is 0 Å². The molecule has 20 heavy (non-hydrogen) atoms. The first-order valence-electron chi connectivity index (χ1n) is 6.47. The van der Waals surface area contributed by atoms with Crippen molar-refractivity contribution in [3.05, 3.63) is 22.9 Å². The van der Waals surface area contributed by atoms with E-state index in [4.69, 9.17) is 10.5 Å². The van der Waals surface area contributed by atoms with Gasteiger partial charge in [-0.3, -0.25) is 0 Å². The van der Waals surface area contributed by atoms with Crippen molar-refractivity contribution in [3.63, 3.8) is 0 Å². The Morgan fingerprint density at radius 2 is 2.25 bits per heavy atom. The number of amides is 1. The number of rotatable bonds is 2. The number of H-pyrrole nitrogens is 1. The van der Waals surface area contributed by atoms with Crippen molar-refractivity contribution < 1.29 is 9.53 Å². The van der Waals surface area contributed by atoms with Crippen LogP contribution in [0, 0.1) is 0 Å². The van der Waals surface area contributed by atoms with E-state index in [0.29, 0.717) is 0 Å². The maximum absolute atomic E-state index is 10.7. The molecule has 1 aliphatic heterocycles. The smallest absolute Gasteiger partial charge is 0.404 e. The molecule has 0 bridgehead atoms. The molecule has 2 aromatic rings. The number of primary amides is 1. The lowest BCUT2D eigenvalue weighted by molar-refractivity contribution is 0.0912. The Bertz CT molecular complexity index is 634. The fraction of sp³-hybridized carbons (Fsp3) is 0.385. The number of ether oxygens (including phenoxy) is 1. The number of nitrogens with one attached hydrogen (secondary N) is 1. The van der Waals surface area contributed by atoms with Crippen LogP contribution in [-0.2, 0) is 4.74 Å². The van der Waals surface area contributed by atoms with E-state index in [-0.39, 0.29) is 6.10 Å². The van der Waals surface area contributed by atoms with Gasteiger partial charge in [-0.2, -0.15) is 0 Å². The van der Waals surface area contributed by atoms with Crippen molar-refractivity contribution in [2.75, 3.05) is 18.0 Å². The van der Waals surface area contributed by atoms with Crippen LogP contribution in [0.15, 0.2) is 22.9 Å². The summed E-state index contributed by atoms with van der Waals surface area (Å²) in [6.07, 6.45) is 4.52. The Labute approximate surface area is 124 Å². The molecule has 2 aromatic heterocycles. The first kappa shape index (κ1) is 13.2. The molecule has 106 valence electrons. The van der Waals surface area contributed by atoms with Crippen molar-refractivity contribution in [1.82, 2.24) is 9.97 Å². The maximum Gasteiger partial charge on any atom is 0.404 e. The van der Waals surface area contributed by atoms with Crippen LogP contribution >= 0.6 is 15.9 Å². The van der Waals surface area contributed by atoms with Crippen molar-refractivity contribution in [2.24, 2.45) is 5.73 Å². The molecule has 6 nitrogen and oxygen atoms in total. The molecule has 0 radical (unpaired) electrons. The number of halogens is 1. The number of nitrogens with zero attached hydrogens (tertiary/aromatic N) is 2. The summed E-state index contributed by atoms with van der Waals surface area (Å²) in [6, 6.07) is 2.06. The quantitative estimate of drug-likeness (QED) is 0.880. The second-order valence-corrected chi connectivity index (χ2v) is 5.70. The summed E-state index contributed by atoms with van der Waals surface area (Å²) >= 11 is 3.51. The van der Waals surface area contributed by atoms with E-state index in [0.717, 1.165) is 47.1 Å². The summed E-state index contributed by atoms with van der Waals surface area (Å²) in [5, 5.41) is 1.12. The molecule has 0 atom stereocenters. The van der Waals surface area contributed by atoms with Gasteiger partial charge in [0.05, 0.1) is 11.7 Å². The summed E-state index contributed by atoms with van der Waals surface area (Å²) in [4.78, 5) is 20.6. The highest BCUT2D eigenvalue weighted by Crippen LogP contribution is 2.27. The minimum absolute atomic E-state index is 0.0773. The van der Waals surface area contributed by atoms with Gasteiger partial charge in [-0.25, -0.2) is 9.78 Å². The zero-order valence-corrected chi connectivity index (χ0v) is 12.4. The second kappa shape index (κ2) is 5.32. The number of anilines is 1. The van der Waals surface area contributed by atoms with Crippen LogP contribution in [0.25, 0.3) is 10.9 Å². The van der Waals surface area contributed by atoms with Crippen molar-refractivity contribution in [2.45, 2.75) is 18.9 Å². The number of nitrogens with two attached hydrogens (primary N) is 1. The molecule has 3 heterocycles. The number of piperidine rings is 1. The van der Waals surface area contributed by atoms with E-state index in [1.807, 2.05) is 12.4 Å². The highest BCUT2D eigenvalue weighted by molar-refractivity contribution is 9.10. The van der Waals surface area contributed by atoms with Crippen LogP contribution in [0.1, 0.15) is 12.8 Å².